The third-order valence-electron chi connectivity index (χ3n) is 10.3. The Morgan fingerprint density at radius 2 is 0.629 bits per heavy atom. The summed E-state index contributed by atoms with van der Waals surface area (Å²) in [4.78, 5) is 37.7. The van der Waals surface area contributed by atoms with Gasteiger partial charge in [-0.3, -0.25) is 14.4 Å². The van der Waals surface area contributed by atoms with Crippen molar-refractivity contribution in [2.24, 2.45) is 0 Å². The van der Waals surface area contributed by atoms with Gasteiger partial charge in [-0.25, -0.2) is 0 Å². The first-order valence-corrected chi connectivity index (χ1v) is 25.2. The zero-order valence-corrected chi connectivity index (χ0v) is 40.1. The summed E-state index contributed by atoms with van der Waals surface area (Å²) in [5.74, 6) is -0.948. The first kappa shape index (κ1) is 58.3. The average molecular weight is 861 g/mol. The van der Waals surface area contributed by atoms with E-state index in [1.807, 2.05) is 0 Å². The Morgan fingerprint density at radius 3 is 1.02 bits per heavy atom. The monoisotopic (exact) mass is 861 g/mol. The number of hydrogen-bond acceptors (Lipinski definition) is 6. The number of carbonyl (C=O) groups is 3. The maximum absolute atomic E-state index is 12.7. The lowest BCUT2D eigenvalue weighted by molar-refractivity contribution is -0.167. The van der Waals surface area contributed by atoms with E-state index in [0.717, 1.165) is 135 Å². The van der Waals surface area contributed by atoms with E-state index in [2.05, 4.69) is 118 Å². The molecule has 0 aromatic carbocycles. The van der Waals surface area contributed by atoms with Crippen LogP contribution in [-0.2, 0) is 28.6 Å². The molecule has 0 bridgehead atoms. The van der Waals surface area contributed by atoms with Gasteiger partial charge in [0.1, 0.15) is 13.2 Å². The third-order valence-corrected chi connectivity index (χ3v) is 10.3. The Labute approximate surface area is 381 Å². The lowest BCUT2D eigenvalue weighted by Crippen LogP contribution is -2.30. The first-order valence-electron chi connectivity index (χ1n) is 25.2. The van der Waals surface area contributed by atoms with Crippen LogP contribution in [0.15, 0.2) is 97.2 Å². The largest absolute Gasteiger partial charge is 0.462 e. The highest BCUT2D eigenvalue weighted by Gasteiger charge is 2.19. The molecule has 0 aliphatic heterocycles. The van der Waals surface area contributed by atoms with Crippen molar-refractivity contribution in [3.8, 4) is 0 Å². The molecule has 0 saturated heterocycles. The van der Waals surface area contributed by atoms with Crippen LogP contribution in [0, 0.1) is 0 Å². The standard InChI is InChI=1S/C56H92O6/c1-4-7-10-13-16-18-20-22-24-25-26-27-28-29-30-31-33-34-36-38-40-43-46-49-55(58)61-52-53(51-60-54(57)48-45-42-15-12-9-6-3)62-56(59)50-47-44-41-39-37-35-32-23-21-19-17-14-11-8-5-2/h7,10,16-19,22-24,26-27,29-30,32-34,53H,4-6,8-9,11-15,20-21,25,28,31,35-52H2,1-3H3/b10-7-,18-16-,19-17-,24-22-,27-26-,30-29-,32-23-,34-33-. The van der Waals surface area contributed by atoms with E-state index < -0.39 is 6.10 Å². The molecule has 0 fully saturated rings. The van der Waals surface area contributed by atoms with E-state index in [0.29, 0.717) is 19.3 Å². The zero-order chi connectivity index (χ0) is 45.1. The molecule has 352 valence electrons. The molecule has 0 aromatic heterocycles. The highest BCUT2D eigenvalue weighted by atomic mass is 16.6. The third kappa shape index (κ3) is 47.4. The fourth-order valence-electron chi connectivity index (χ4n) is 6.53. The Balaban J connectivity index is 4.30. The molecule has 6 nitrogen and oxygen atoms in total. The van der Waals surface area contributed by atoms with Crippen LogP contribution in [0.2, 0.25) is 0 Å². The fraction of sp³-hybridized carbons (Fsp3) is 0.661. The topological polar surface area (TPSA) is 78.9 Å². The number of rotatable bonds is 44. The van der Waals surface area contributed by atoms with Crippen molar-refractivity contribution in [1.29, 1.82) is 0 Å². The van der Waals surface area contributed by atoms with E-state index in [4.69, 9.17) is 14.2 Å². The number of unbranched alkanes of at least 4 members (excludes halogenated alkanes) is 17. The van der Waals surface area contributed by atoms with Gasteiger partial charge >= 0.3 is 17.9 Å². The number of ether oxygens (including phenoxy) is 3. The van der Waals surface area contributed by atoms with Crippen molar-refractivity contribution in [3.63, 3.8) is 0 Å². The van der Waals surface area contributed by atoms with Crippen molar-refractivity contribution in [2.45, 2.75) is 226 Å². The van der Waals surface area contributed by atoms with E-state index >= 15 is 0 Å². The molecule has 0 radical (unpaired) electrons. The predicted octanol–water partition coefficient (Wildman–Crippen LogP) is 16.6. The Kier molecular flexibility index (Phi) is 47.0. The highest BCUT2D eigenvalue weighted by Crippen LogP contribution is 2.12. The van der Waals surface area contributed by atoms with Crippen LogP contribution in [0.1, 0.15) is 220 Å². The van der Waals surface area contributed by atoms with Gasteiger partial charge < -0.3 is 14.2 Å². The van der Waals surface area contributed by atoms with Gasteiger partial charge in [0, 0.05) is 19.3 Å². The Morgan fingerprint density at radius 1 is 0.339 bits per heavy atom. The van der Waals surface area contributed by atoms with Crippen LogP contribution in [0.3, 0.4) is 0 Å². The molecule has 0 spiro atoms. The Hall–Kier alpha value is -3.67. The quantitative estimate of drug-likeness (QED) is 0.0263. The number of esters is 3. The first-order chi connectivity index (χ1) is 30.5. The minimum Gasteiger partial charge on any atom is -0.462 e. The second-order valence-corrected chi connectivity index (χ2v) is 16.3. The van der Waals surface area contributed by atoms with Crippen molar-refractivity contribution in [2.75, 3.05) is 13.2 Å². The Bertz CT molecular complexity index is 1260. The normalized spacial score (nSPS) is 12.9. The summed E-state index contributed by atoms with van der Waals surface area (Å²) in [6.45, 7) is 6.39. The van der Waals surface area contributed by atoms with Crippen molar-refractivity contribution in [3.05, 3.63) is 97.2 Å². The summed E-state index contributed by atoms with van der Waals surface area (Å²) < 4.78 is 16.7. The smallest absolute Gasteiger partial charge is 0.306 e. The number of carbonyl (C=O) groups excluding carboxylic acids is 3. The minimum atomic E-state index is -0.792. The maximum Gasteiger partial charge on any atom is 0.306 e. The van der Waals surface area contributed by atoms with Gasteiger partial charge in [-0.2, -0.15) is 0 Å². The molecule has 0 amide bonds. The summed E-state index contributed by atoms with van der Waals surface area (Å²) in [6, 6.07) is 0. The van der Waals surface area contributed by atoms with Crippen LogP contribution >= 0.6 is 0 Å². The number of allylic oxidation sites excluding steroid dienone is 16. The molecule has 0 aromatic rings. The predicted molar refractivity (Wildman–Crippen MR) is 265 cm³/mol. The van der Waals surface area contributed by atoms with Gasteiger partial charge in [-0.1, -0.05) is 195 Å². The van der Waals surface area contributed by atoms with Gasteiger partial charge in [0.05, 0.1) is 0 Å². The summed E-state index contributed by atoms with van der Waals surface area (Å²) >= 11 is 0. The van der Waals surface area contributed by atoms with Gasteiger partial charge in [0.2, 0.25) is 0 Å². The van der Waals surface area contributed by atoms with Gasteiger partial charge in [0.25, 0.3) is 0 Å². The molecule has 1 unspecified atom stereocenters. The van der Waals surface area contributed by atoms with Crippen molar-refractivity contribution < 1.29 is 28.6 Å². The van der Waals surface area contributed by atoms with Crippen molar-refractivity contribution in [1.82, 2.24) is 0 Å². The molecule has 0 N–H and O–H groups in total. The fourth-order valence-corrected chi connectivity index (χ4v) is 6.53. The second-order valence-electron chi connectivity index (χ2n) is 16.3. The second kappa shape index (κ2) is 50.0. The summed E-state index contributed by atoms with van der Waals surface area (Å²) in [5, 5.41) is 0. The summed E-state index contributed by atoms with van der Waals surface area (Å²) in [6.07, 6.45) is 65.5. The molecular weight excluding hydrogens is 769 g/mol. The van der Waals surface area contributed by atoms with Crippen LogP contribution in [0.25, 0.3) is 0 Å². The average Bonchev–Trinajstić information content (AvgIpc) is 3.27. The van der Waals surface area contributed by atoms with E-state index in [1.54, 1.807) is 0 Å². The van der Waals surface area contributed by atoms with Crippen LogP contribution in [0.4, 0.5) is 0 Å². The van der Waals surface area contributed by atoms with E-state index in [-0.39, 0.29) is 31.1 Å². The van der Waals surface area contributed by atoms with Gasteiger partial charge in [0.15, 0.2) is 6.10 Å². The van der Waals surface area contributed by atoms with Gasteiger partial charge in [-0.15, -0.1) is 0 Å². The SMILES string of the molecule is CC/C=C\C/C=C\C/C=C\C/C=C\C/C=C\C/C=C\CCCCCCC(=O)OCC(COC(=O)CCCCCCCC)OC(=O)CCCCCCC/C=C\C/C=C\CCCCC. The lowest BCUT2D eigenvalue weighted by Gasteiger charge is -2.18. The molecule has 0 rings (SSSR count). The lowest BCUT2D eigenvalue weighted by atomic mass is 10.1. The molecule has 0 aliphatic rings. The molecule has 0 aliphatic carbocycles. The summed E-state index contributed by atoms with van der Waals surface area (Å²) in [7, 11) is 0. The molecule has 6 heteroatoms. The van der Waals surface area contributed by atoms with Crippen LogP contribution in [-0.4, -0.2) is 37.2 Å². The molecule has 0 saturated carbocycles. The minimum absolute atomic E-state index is 0.0928. The molecule has 0 heterocycles. The van der Waals surface area contributed by atoms with E-state index in [9.17, 15) is 14.4 Å². The van der Waals surface area contributed by atoms with Crippen LogP contribution < -0.4 is 0 Å². The van der Waals surface area contributed by atoms with Crippen LogP contribution in [0.5, 0.6) is 0 Å². The van der Waals surface area contributed by atoms with E-state index in [1.165, 1.54) is 44.9 Å². The maximum atomic E-state index is 12.7. The molecular formula is C56H92O6. The van der Waals surface area contributed by atoms with Gasteiger partial charge in [-0.05, 0) is 103 Å². The molecule has 62 heavy (non-hydrogen) atoms. The zero-order valence-electron chi connectivity index (χ0n) is 40.1. The number of hydrogen-bond donors (Lipinski definition) is 0. The highest BCUT2D eigenvalue weighted by molar-refractivity contribution is 5.71. The summed E-state index contributed by atoms with van der Waals surface area (Å²) in [5.41, 5.74) is 0. The molecule has 1 atom stereocenters. The van der Waals surface area contributed by atoms with Crippen molar-refractivity contribution >= 4 is 17.9 Å².